The summed E-state index contributed by atoms with van der Waals surface area (Å²) in [5, 5.41) is 16.4. The molecule has 0 atom stereocenters. The van der Waals surface area contributed by atoms with Crippen molar-refractivity contribution in [1.82, 2.24) is 0 Å². The van der Waals surface area contributed by atoms with Crippen molar-refractivity contribution in [2.24, 2.45) is 10.2 Å². The van der Waals surface area contributed by atoms with Gasteiger partial charge in [-0.2, -0.15) is 0 Å². The van der Waals surface area contributed by atoms with Gasteiger partial charge in [-0.15, -0.1) is 10.2 Å². The molecule has 1 N–H and O–H groups in total. The van der Waals surface area contributed by atoms with Gasteiger partial charge in [0.25, 0.3) is 0 Å². The molecule has 0 aromatic heterocycles. The van der Waals surface area contributed by atoms with Crippen LogP contribution in [0.1, 0.15) is 0 Å². The Hall–Kier alpha value is -1.87. The van der Waals surface area contributed by atoms with Crippen molar-refractivity contribution in [2.75, 3.05) is 20.8 Å². The molecule has 0 amide bonds. The van der Waals surface area contributed by atoms with Crippen LogP contribution in [0.4, 0.5) is 14.5 Å². The normalized spacial score (nSPS) is 12.4. The summed E-state index contributed by atoms with van der Waals surface area (Å²) >= 11 is 2.81. The second-order valence-electron chi connectivity index (χ2n) is 3.64. The number of aliphatic hydroxyl groups is 1. The quantitative estimate of drug-likeness (QED) is 0.285. The summed E-state index contributed by atoms with van der Waals surface area (Å²) < 4.78 is 35.8. The van der Waals surface area contributed by atoms with E-state index in [9.17, 15) is 18.7 Å². The van der Waals surface area contributed by atoms with E-state index in [0.717, 1.165) is 19.2 Å². The first-order valence-corrected chi connectivity index (χ1v) is 6.25. The third kappa shape index (κ3) is 4.57. The van der Waals surface area contributed by atoms with E-state index in [-0.39, 0.29) is 11.1 Å². The summed E-state index contributed by atoms with van der Waals surface area (Å²) in [7, 11) is 2.35. The van der Waals surface area contributed by atoms with Crippen molar-refractivity contribution in [1.29, 1.82) is 0 Å². The number of hydrogen-bond acceptors (Lipinski definition) is 6. The van der Waals surface area contributed by atoms with Gasteiger partial charge in [0.1, 0.15) is 18.1 Å². The topological polar surface area (TPSA) is 80.5 Å². The highest BCUT2D eigenvalue weighted by Crippen LogP contribution is 2.26. The van der Waals surface area contributed by atoms with Crippen LogP contribution < -0.4 is 0 Å². The number of rotatable bonds is 5. The zero-order chi connectivity index (χ0) is 16.0. The lowest BCUT2D eigenvalue weighted by atomic mass is 10.3. The molecule has 1 aromatic carbocycles. The Bertz CT molecular complexity index is 605. The fourth-order valence-corrected chi connectivity index (χ4v) is 1.53. The van der Waals surface area contributed by atoms with Gasteiger partial charge in [-0.25, -0.2) is 13.6 Å². The van der Waals surface area contributed by atoms with Crippen LogP contribution in [0.2, 0.25) is 0 Å². The van der Waals surface area contributed by atoms with Crippen LogP contribution in [-0.2, 0) is 14.3 Å². The molecule has 21 heavy (non-hydrogen) atoms. The minimum atomic E-state index is -0.994. The Morgan fingerprint density at radius 2 is 2.00 bits per heavy atom. The lowest BCUT2D eigenvalue weighted by molar-refractivity contribution is -0.136. The van der Waals surface area contributed by atoms with Crippen LogP contribution in [0.15, 0.2) is 38.3 Å². The van der Waals surface area contributed by atoms with E-state index in [1.54, 1.807) is 0 Å². The molecule has 0 heterocycles. The average Bonchev–Trinajstić information content (AvgIpc) is 2.44. The molecule has 0 aliphatic rings. The molecule has 114 valence electrons. The second-order valence-corrected chi connectivity index (χ2v) is 4.49. The van der Waals surface area contributed by atoms with Crippen molar-refractivity contribution >= 4 is 27.6 Å². The minimum absolute atomic E-state index is 0.0788. The molecular weight excluding hydrogens is 354 g/mol. The first-order chi connectivity index (χ1) is 9.90. The van der Waals surface area contributed by atoms with Crippen LogP contribution in [-0.4, -0.2) is 31.9 Å². The molecule has 1 rings (SSSR count). The highest BCUT2D eigenvalue weighted by molar-refractivity contribution is 9.10. The van der Waals surface area contributed by atoms with Gasteiger partial charge < -0.3 is 14.6 Å². The summed E-state index contributed by atoms with van der Waals surface area (Å²) in [4.78, 5) is 11.4. The Morgan fingerprint density at radius 1 is 1.33 bits per heavy atom. The van der Waals surface area contributed by atoms with Crippen molar-refractivity contribution < 1.29 is 28.2 Å². The van der Waals surface area contributed by atoms with Crippen LogP contribution in [0.3, 0.4) is 0 Å². The molecule has 0 radical (unpaired) electrons. The van der Waals surface area contributed by atoms with E-state index in [2.05, 4.69) is 35.6 Å². The van der Waals surface area contributed by atoms with Gasteiger partial charge in [0.15, 0.2) is 11.6 Å². The van der Waals surface area contributed by atoms with Gasteiger partial charge >= 0.3 is 5.97 Å². The number of carbonyl (C=O) groups excluding carboxylic acids is 1. The molecular formula is C12H11BrF2N2O4. The molecule has 0 aliphatic carbocycles. The van der Waals surface area contributed by atoms with E-state index < -0.39 is 34.7 Å². The van der Waals surface area contributed by atoms with Gasteiger partial charge in [-0.1, -0.05) is 0 Å². The van der Waals surface area contributed by atoms with Gasteiger partial charge in [-0.3, -0.25) is 0 Å². The Labute approximate surface area is 127 Å². The molecule has 0 bridgehead atoms. The number of nitrogens with zero attached hydrogens (tertiary/aromatic N) is 2. The Morgan fingerprint density at radius 3 is 2.57 bits per heavy atom. The van der Waals surface area contributed by atoms with Crippen LogP contribution >= 0.6 is 15.9 Å². The summed E-state index contributed by atoms with van der Waals surface area (Å²) in [6, 6.07) is 1.64. The van der Waals surface area contributed by atoms with Crippen molar-refractivity contribution in [3.63, 3.8) is 0 Å². The zero-order valence-corrected chi connectivity index (χ0v) is 12.6. The summed E-state index contributed by atoms with van der Waals surface area (Å²) in [6.07, 6.45) is 0. The molecule has 0 saturated heterocycles. The van der Waals surface area contributed by atoms with Gasteiger partial charge in [0.2, 0.25) is 5.70 Å². The maximum atomic E-state index is 13.5. The molecule has 0 fully saturated rings. The molecule has 1 aromatic rings. The predicted molar refractivity (Wildman–Crippen MR) is 72.1 cm³/mol. The highest BCUT2D eigenvalue weighted by Gasteiger charge is 2.16. The number of methoxy groups -OCH3 is 2. The van der Waals surface area contributed by atoms with Gasteiger partial charge in [0, 0.05) is 13.2 Å². The fourth-order valence-electron chi connectivity index (χ4n) is 1.21. The second kappa shape index (κ2) is 7.79. The first kappa shape index (κ1) is 17.2. The number of esters is 1. The van der Waals surface area contributed by atoms with Crippen molar-refractivity contribution in [2.45, 2.75) is 0 Å². The summed E-state index contributed by atoms with van der Waals surface area (Å²) in [5.41, 5.74) is -1.01. The fraction of sp³-hybridized carbons (Fsp3) is 0.250. The van der Waals surface area contributed by atoms with Crippen LogP contribution in [0.25, 0.3) is 0 Å². The number of hydrogen-bond donors (Lipinski definition) is 1. The van der Waals surface area contributed by atoms with E-state index in [0.29, 0.717) is 0 Å². The van der Waals surface area contributed by atoms with E-state index >= 15 is 0 Å². The Balaban J connectivity index is 3.18. The predicted octanol–water partition coefficient (Wildman–Crippen LogP) is 3.40. The Kier molecular flexibility index (Phi) is 6.38. The molecule has 0 unspecified atom stereocenters. The average molecular weight is 365 g/mol. The maximum Gasteiger partial charge on any atom is 0.362 e. The third-order valence-electron chi connectivity index (χ3n) is 2.18. The van der Waals surface area contributed by atoms with E-state index in [1.165, 1.54) is 7.11 Å². The monoisotopic (exact) mass is 364 g/mol. The lowest BCUT2D eigenvalue weighted by Crippen LogP contribution is -2.08. The molecule has 9 heteroatoms. The molecule has 6 nitrogen and oxygen atoms in total. The number of aliphatic hydroxyl groups excluding tert-OH is 1. The number of ether oxygens (including phenoxy) is 2. The SMILES string of the molecule is COC/C(O)=C(\N=Nc1cc(F)c(Br)cc1F)C(=O)OC. The van der Waals surface area contributed by atoms with Crippen LogP contribution in [0.5, 0.6) is 0 Å². The zero-order valence-electron chi connectivity index (χ0n) is 11.1. The number of benzene rings is 1. The largest absolute Gasteiger partial charge is 0.507 e. The molecule has 0 aliphatic heterocycles. The van der Waals surface area contributed by atoms with Crippen LogP contribution in [0, 0.1) is 11.6 Å². The number of carbonyl (C=O) groups is 1. The first-order valence-electron chi connectivity index (χ1n) is 5.46. The smallest absolute Gasteiger partial charge is 0.362 e. The maximum absolute atomic E-state index is 13.5. The molecule has 0 saturated carbocycles. The molecule has 0 spiro atoms. The van der Waals surface area contributed by atoms with Gasteiger partial charge in [0.05, 0.1) is 11.6 Å². The lowest BCUT2D eigenvalue weighted by Gasteiger charge is -2.03. The minimum Gasteiger partial charge on any atom is -0.507 e. The van der Waals surface area contributed by atoms with E-state index in [4.69, 9.17) is 0 Å². The third-order valence-corrected chi connectivity index (χ3v) is 2.79. The van der Waals surface area contributed by atoms with Crippen molar-refractivity contribution in [3.05, 3.63) is 39.7 Å². The van der Waals surface area contributed by atoms with Gasteiger partial charge in [-0.05, 0) is 22.0 Å². The van der Waals surface area contributed by atoms with E-state index in [1.807, 2.05) is 0 Å². The summed E-state index contributed by atoms with van der Waals surface area (Å²) in [6.45, 7) is -0.319. The van der Waals surface area contributed by atoms with Crippen molar-refractivity contribution in [3.8, 4) is 0 Å². The standard InChI is InChI=1S/C12H11BrF2N2O4/c1-20-5-10(18)11(12(19)21-2)17-16-9-4-7(14)6(13)3-8(9)15/h3-4,18H,5H2,1-2H3/b11-10+,17-16?. The number of azo groups is 1. The number of halogens is 3. The summed E-state index contributed by atoms with van der Waals surface area (Å²) in [5.74, 6) is -3.16. The highest BCUT2D eigenvalue weighted by atomic mass is 79.9.